The highest BCUT2D eigenvalue weighted by Gasteiger charge is 1.97. The van der Waals surface area contributed by atoms with Crippen LogP contribution in [-0.2, 0) is 0 Å². The molecule has 2 heteroatoms. The van der Waals surface area contributed by atoms with Gasteiger partial charge in [0.25, 0.3) is 0 Å². The largest absolute Gasteiger partial charge is 0.330 e. The van der Waals surface area contributed by atoms with Gasteiger partial charge in [0.2, 0.25) is 0 Å². The molecule has 0 rings (SSSR count). The Morgan fingerprint density at radius 1 is 0.750 bits per heavy atom. The molecule has 0 amide bonds. The lowest BCUT2D eigenvalue weighted by Gasteiger charge is -2.16. The van der Waals surface area contributed by atoms with Crippen molar-refractivity contribution >= 4 is 0 Å². The lowest BCUT2D eigenvalue weighted by molar-refractivity contribution is 0.315. The lowest BCUT2D eigenvalue weighted by atomic mass is 10.1. The number of nitrogens with zero attached hydrogens (tertiary/aromatic N) is 1. The predicted molar refractivity (Wildman–Crippen MR) is 73.8 cm³/mol. The predicted octanol–water partition coefficient (Wildman–Crippen LogP) is 3.41. The lowest BCUT2D eigenvalue weighted by Crippen LogP contribution is -2.21. The second kappa shape index (κ2) is 13.0. The van der Waals surface area contributed by atoms with Crippen LogP contribution in [0.2, 0.25) is 0 Å². The van der Waals surface area contributed by atoms with Crippen LogP contribution in [0.25, 0.3) is 0 Å². The van der Waals surface area contributed by atoms with Crippen LogP contribution in [0.5, 0.6) is 0 Å². The van der Waals surface area contributed by atoms with Gasteiger partial charge in [-0.25, -0.2) is 0 Å². The van der Waals surface area contributed by atoms with Gasteiger partial charge in [0.05, 0.1) is 0 Å². The molecule has 0 saturated carbocycles. The van der Waals surface area contributed by atoms with Crippen molar-refractivity contribution in [3.63, 3.8) is 0 Å². The Morgan fingerprint density at radius 2 is 1.25 bits per heavy atom. The zero-order valence-corrected chi connectivity index (χ0v) is 11.5. The molecule has 0 aliphatic carbocycles. The van der Waals surface area contributed by atoms with E-state index in [0.717, 1.165) is 6.54 Å². The van der Waals surface area contributed by atoms with E-state index in [1.54, 1.807) is 0 Å². The van der Waals surface area contributed by atoms with Crippen molar-refractivity contribution in [3.05, 3.63) is 0 Å². The van der Waals surface area contributed by atoms with Gasteiger partial charge >= 0.3 is 0 Å². The standard InChI is InChI=1S/C14H32N2/c1-3-4-5-6-7-10-13-16(2)14-11-8-9-12-15/h3-15H2,1-2H3. The Labute approximate surface area is 103 Å². The van der Waals surface area contributed by atoms with E-state index in [2.05, 4.69) is 18.9 Å². The van der Waals surface area contributed by atoms with E-state index in [1.165, 1.54) is 70.9 Å². The van der Waals surface area contributed by atoms with Crippen LogP contribution < -0.4 is 5.73 Å². The van der Waals surface area contributed by atoms with E-state index in [1.807, 2.05) is 0 Å². The van der Waals surface area contributed by atoms with Gasteiger partial charge in [-0.1, -0.05) is 45.4 Å². The molecule has 0 aliphatic heterocycles. The van der Waals surface area contributed by atoms with Crippen molar-refractivity contribution in [3.8, 4) is 0 Å². The maximum atomic E-state index is 5.47. The molecular formula is C14H32N2. The summed E-state index contributed by atoms with van der Waals surface area (Å²) in [7, 11) is 2.24. The van der Waals surface area contributed by atoms with Gasteiger partial charge in [0, 0.05) is 0 Å². The van der Waals surface area contributed by atoms with Crippen molar-refractivity contribution < 1.29 is 0 Å². The minimum Gasteiger partial charge on any atom is -0.330 e. The molecular weight excluding hydrogens is 196 g/mol. The average Bonchev–Trinajstić information content (AvgIpc) is 2.29. The van der Waals surface area contributed by atoms with Crippen molar-refractivity contribution in [2.24, 2.45) is 5.73 Å². The normalized spacial score (nSPS) is 11.2. The summed E-state index contributed by atoms with van der Waals surface area (Å²) in [6, 6.07) is 0. The van der Waals surface area contributed by atoms with Gasteiger partial charge in [-0.2, -0.15) is 0 Å². The Bertz CT molecular complexity index is 126. The maximum absolute atomic E-state index is 5.47. The molecule has 0 saturated heterocycles. The first-order valence-electron chi connectivity index (χ1n) is 7.20. The number of nitrogens with two attached hydrogens (primary N) is 1. The van der Waals surface area contributed by atoms with Crippen molar-refractivity contribution in [1.29, 1.82) is 0 Å². The van der Waals surface area contributed by atoms with E-state index in [-0.39, 0.29) is 0 Å². The molecule has 0 fully saturated rings. The smallest absolute Gasteiger partial charge is 0.00218 e. The second-order valence-corrected chi connectivity index (χ2v) is 4.92. The highest BCUT2D eigenvalue weighted by Crippen LogP contribution is 2.06. The summed E-state index contributed by atoms with van der Waals surface area (Å²) >= 11 is 0. The summed E-state index contributed by atoms with van der Waals surface area (Å²) in [5, 5.41) is 0. The first-order valence-corrected chi connectivity index (χ1v) is 7.20. The third-order valence-corrected chi connectivity index (χ3v) is 3.14. The first kappa shape index (κ1) is 15.9. The molecule has 0 radical (unpaired) electrons. The van der Waals surface area contributed by atoms with E-state index < -0.39 is 0 Å². The van der Waals surface area contributed by atoms with Crippen LogP contribution in [0.1, 0.15) is 64.7 Å². The van der Waals surface area contributed by atoms with Gasteiger partial charge in [0.15, 0.2) is 0 Å². The van der Waals surface area contributed by atoms with Crippen LogP contribution in [-0.4, -0.2) is 31.6 Å². The summed E-state index contributed by atoms with van der Waals surface area (Å²) in [6.45, 7) is 5.64. The summed E-state index contributed by atoms with van der Waals surface area (Å²) in [5.74, 6) is 0. The fraction of sp³-hybridized carbons (Fsp3) is 1.00. The number of hydrogen-bond donors (Lipinski definition) is 1. The summed E-state index contributed by atoms with van der Waals surface area (Å²) in [4.78, 5) is 2.47. The Morgan fingerprint density at radius 3 is 1.81 bits per heavy atom. The first-order chi connectivity index (χ1) is 7.81. The molecule has 16 heavy (non-hydrogen) atoms. The third-order valence-electron chi connectivity index (χ3n) is 3.14. The Balaban J connectivity index is 3.08. The molecule has 98 valence electrons. The topological polar surface area (TPSA) is 29.3 Å². The molecule has 0 unspecified atom stereocenters. The van der Waals surface area contributed by atoms with E-state index in [9.17, 15) is 0 Å². The van der Waals surface area contributed by atoms with Crippen molar-refractivity contribution in [1.82, 2.24) is 4.90 Å². The summed E-state index contributed by atoms with van der Waals surface area (Å²) < 4.78 is 0. The molecule has 0 heterocycles. The van der Waals surface area contributed by atoms with Gasteiger partial charge < -0.3 is 10.6 Å². The molecule has 0 aliphatic rings. The Kier molecular flexibility index (Phi) is 12.9. The van der Waals surface area contributed by atoms with Crippen LogP contribution in [0.3, 0.4) is 0 Å². The molecule has 0 aromatic carbocycles. The van der Waals surface area contributed by atoms with Crippen LogP contribution >= 0.6 is 0 Å². The third kappa shape index (κ3) is 12.0. The molecule has 0 aromatic heterocycles. The SMILES string of the molecule is CCCCCCCCN(C)CCCCCN. The minimum absolute atomic E-state index is 0.848. The van der Waals surface area contributed by atoms with Gasteiger partial charge in [-0.15, -0.1) is 0 Å². The van der Waals surface area contributed by atoms with E-state index >= 15 is 0 Å². The summed E-state index contributed by atoms with van der Waals surface area (Å²) in [5.41, 5.74) is 5.47. The molecule has 2 N–H and O–H groups in total. The number of rotatable bonds is 12. The fourth-order valence-electron chi connectivity index (χ4n) is 1.98. The Hall–Kier alpha value is -0.0800. The van der Waals surface area contributed by atoms with Crippen molar-refractivity contribution in [2.45, 2.75) is 64.7 Å². The summed E-state index contributed by atoms with van der Waals surface area (Å²) in [6.07, 6.45) is 12.2. The van der Waals surface area contributed by atoms with Crippen molar-refractivity contribution in [2.75, 3.05) is 26.7 Å². The minimum atomic E-state index is 0.848. The van der Waals surface area contributed by atoms with Crippen LogP contribution in [0.4, 0.5) is 0 Å². The number of hydrogen-bond acceptors (Lipinski definition) is 2. The van der Waals surface area contributed by atoms with E-state index in [4.69, 9.17) is 5.73 Å². The zero-order chi connectivity index (χ0) is 12.1. The van der Waals surface area contributed by atoms with Crippen LogP contribution in [0, 0.1) is 0 Å². The highest BCUT2D eigenvalue weighted by molar-refractivity contribution is 4.53. The maximum Gasteiger partial charge on any atom is -0.00218 e. The quantitative estimate of drug-likeness (QED) is 0.519. The van der Waals surface area contributed by atoms with Gasteiger partial charge in [-0.05, 0) is 45.9 Å². The zero-order valence-electron chi connectivity index (χ0n) is 11.5. The van der Waals surface area contributed by atoms with Crippen LogP contribution in [0.15, 0.2) is 0 Å². The molecule has 0 aromatic rings. The molecule has 0 bridgehead atoms. The average molecular weight is 228 g/mol. The molecule has 2 nitrogen and oxygen atoms in total. The fourth-order valence-corrected chi connectivity index (χ4v) is 1.98. The van der Waals surface area contributed by atoms with Gasteiger partial charge in [0.1, 0.15) is 0 Å². The highest BCUT2D eigenvalue weighted by atomic mass is 15.1. The molecule has 0 atom stereocenters. The number of unbranched alkanes of at least 4 members (excludes halogenated alkanes) is 7. The monoisotopic (exact) mass is 228 g/mol. The second-order valence-electron chi connectivity index (χ2n) is 4.92. The molecule has 0 spiro atoms. The van der Waals surface area contributed by atoms with E-state index in [0.29, 0.717) is 0 Å². The van der Waals surface area contributed by atoms with Gasteiger partial charge in [-0.3, -0.25) is 0 Å².